The van der Waals surface area contributed by atoms with E-state index in [1.165, 1.54) is 11.8 Å². The topological polar surface area (TPSA) is 67.5 Å². The Balaban J connectivity index is 2.21. The van der Waals surface area contributed by atoms with Crippen molar-refractivity contribution < 1.29 is 5.21 Å². The molecular formula is C17H15N3O2S. The largest absolute Gasteiger partial charge is 0.411 e. The fourth-order valence-electron chi connectivity index (χ4n) is 2.21. The lowest BCUT2D eigenvalue weighted by Gasteiger charge is -2.12. The third kappa shape index (κ3) is 3.12. The number of aromatic nitrogens is 2. The first kappa shape index (κ1) is 15.3. The summed E-state index contributed by atoms with van der Waals surface area (Å²) in [4.78, 5) is 17.5. The molecule has 0 radical (unpaired) electrons. The van der Waals surface area contributed by atoms with Crippen LogP contribution in [0.2, 0.25) is 0 Å². The summed E-state index contributed by atoms with van der Waals surface area (Å²) in [6.45, 7) is 1.72. The van der Waals surface area contributed by atoms with Crippen molar-refractivity contribution in [3.63, 3.8) is 0 Å². The summed E-state index contributed by atoms with van der Waals surface area (Å²) in [5, 5.41) is 13.1. The molecule has 6 heteroatoms. The van der Waals surface area contributed by atoms with Gasteiger partial charge in [0.25, 0.3) is 5.56 Å². The molecule has 0 atom stereocenters. The number of hydrogen-bond donors (Lipinski definition) is 1. The van der Waals surface area contributed by atoms with Crippen molar-refractivity contribution in [1.29, 1.82) is 0 Å². The molecule has 0 aliphatic heterocycles. The van der Waals surface area contributed by atoms with Crippen molar-refractivity contribution in [2.45, 2.75) is 12.1 Å². The molecule has 2 aromatic carbocycles. The number of oxime groups is 1. The van der Waals surface area contributed by atoms with Crippen LogP contribution in [0, 0.1) is 0 Å². The van der Waals surface area contributed by atoms with Crippen LogP contribution in [0.25, 0.3) is 16.6 Å². The van der Waals surface area contributed by atoms with E-state index in [1.807, 2.05) is 48.5 Å². The summed E-state index contributed by atoms with van der Waals surface area (Å²) in [5.74, 6) is 0.452. The monoisotopic (exact) mass is 325 g/mol. The first-order chi connectivity index (χ1) is 11.2. The molecule has 0 bridgehead atoms. The van der Waals surface area contributed by atoms with Crippen LogP contribution in [0.1, 0.15) is 6.92 Å². The summed E-state index contributed by atoms with van der Waals surface area (Å²) < 4.78 is 1.59. The summed E-state index contributed by atoms with van der Waals surface area (Å²) in [6.07, 6.45) is 0. The second kappa shape index (κ2) is 6.66. The highest BCUT2D eigenvalue weighted by molar-refractivity contribution is 7.99. The SMILES string of the molecule is C/C(CSc1nc2ccccc2c(=O)n1-c1ccccc1)=N/O. The molecule has 1 N–H and O–H groups in total. The fraction of sp³-hybridized carbons (Fsp3) is 0.118. The molecule has 1 heterocycles. The van der Waals surface area contributed by atoms with Gasteiger partial charge in [-0.2, -0.15) is 0 Å². The maximum Gasteiger partial charge on any atom is 0.266 e. The van der Waals surface area contributed by atoms with E-state index in [0.717, 1.165) is 5.69 Å². The third-order valence-electron chi connectivity index (χ3n) is 3.34. The van der Waals surface area contributed by atoms with Gasteiger partial charge in [-0.05, 0) is 31.2 Å². The van der Waals surface area contributed by atoms with Crippen LogP contribution in [0.3, 0.4) is 0 Å². The number of thioether (sulfide) groups is 1. The Morgan fingerprint density at radius 2 is 1.87 bits per heavy atom. The molecule has 0 fully saturated rings. The van der Waals surface area contributed by atoms with Gasteiger partial charge in [0.15, 0.2) is 5.16 Å². The minimum Gasteiger partial charge on any atom is -0.411 e. The Bertz CT molecular complexity index is 920. The molecule has 5 nitrogen and oxygen atoms in total. The predicted octanol–water partition coefficient (Wildman–Crippen LogP) is 3.33. The third-order valence-corrected chi connectivity index (χ3v) is 4.43. The van der Waals surface area contributed by atoms with E-state index in [9.17, 15) is 4.79 Å². The van der Waals surface area contributed by atoms with Gasteiger partial charge in [0.1, 0.15) is 0 Å². The standard InChI is InChI=1S/C17H15N3O2S/c1-12(19-22)11-23-17-18-15-10-6-5-9-14(15)16(21)20(17)13-7-3-2-4-8-13/h2-10,22H,11H2,1H3/b19-12-. The van der Waals surface area contributed by atoms with Crippen molar-refractivity contribution in [3.05, 3.63) is 65.0 Å². The number of fused-ring (bicyclic) bond motifs is 1. The molecule has 0 unspecified atom stereocenters. The summed E-state index contributed by atoms with van der Waals surface area (Å²) in [6, 6.07) is 16.7. The van der Waals surface area contributed by atoms with Crippen molar-refractivity contribution in [1.82, 2.24) is 9.55 Å². The number of para-hydroxylation sites is 2. The fourth-order valence-corrected chi connectivity index (χ4v) is 3.09. The van der Waals surface area contributed by atoms with Gasteiger partial charge < -0.3 is 5.21 Å². The second-order valence-corrected chi connectivity index (χ2v) is 5.95. The zero-order chi connectivity index (χ0) is 16.2. The molecule has 0 spiro atoms. The lowest BCUT2D eigenvalue weighted by atomic mass is 10.2. The molecule has 3 aromatic rings. The molecule has 23 heavy (non-hydrogen) atoms. The van der Waals surface area contributed by atoms with E-state index in [2.05, 4.69) is 10.1 Å². The zero-order valence-electron chi connectivity index (χ0n) is 12.5. The van der Waals surface area contributed by atoms with Crippen LogP contribution in [0.15, 0.2) is 69.7 Å². The minimum atomic E-state index is -0.108. The first-order valence-electron chi connectivity index (χ1n) is 7.08. The number of rotatable bonds is 4. The second-order valence-electron chi connectivity index (χ2n) is 5.01. The number of nitrogens with zero attached hydrogens (tertiary/aromatic N) is 3. The van der Waals surface area contributed by atoms with Crippen LogP contribution in [0.4, 0.5) is 0 Å². The Kier molecular flexibility index (Phi) is 4.43. The summed E-state index contributed by atoms with van der Waals surface area (Å²) in [7, 11) is 0. The molecule has 116 valence electrons. The zero-order valence-corrected chi connectivity index (χ0v) is 13.3. The van der Waals surface area contributed by atoms with Crippen molar-refractivity contribution in [3.8, 4) is 5.69 Å². The van der Waals surface area contributed by atoms with Gasteiger partial charge in [-0.25, -0.2) is 4.98 Å². The average Bonchev–Trinajstić information content (AvgIpc) is 2.60. The van der Waals surface area contributed by atoms with Crippen molar-refractivity contribution >= 4 is 28.4 Å². The molecule has 1 aromatic heterocycles. The van der Waals surface area contributed by atoms with E-state index in [4.69, 9.17) is 5.21 Å². The first-order valence-corrected chi connectivity index (χ1v) is 8.07. The van der Waals surface area contributed by atoms with E-state index in [1.54, 1.807) is 17.6 Å². The summed E-state index contributed by atoms with van der Waals surface area (Å²) in [5.41, 5.74) is 1.88. The average molecular weight is 325 g/mol. The molecular weight excluding hydrogens is 310 g/mol. The van der Waals surface area contributed by atoms with Gasteiger partial charge in [0.2, 0.25) is 0 Å². The Labute approximate surface area is 137 Å². The van der Waals surface area contributed by atoms with Crippen LogP contribution >= 0.6 is 11.8 Å². The Hall–Kier alpha value is -2.60. The summed E-state index contributed by atoms with van der Waals surface area (Å²) >= 11 is 1.36. The molecule has 3 rings (SSSR count). The van der Waals surface area contributed by atoms with Gasteiger partial charge in [0.05, 0.1) is 22.3 Å². The molecule has 0 saturated carbocycles. The van der Waals surface area contributed by atoms with Crippen LogP contribution in [-0.2, 0) is 0 Å². The minimum absolute atomic E-state index is 0.108. The molecule has 0 aliphatic carbocycles. The molecule has 0 saturated heterocycles. The van der Waals surface area contributed by atoms with Crippen LogP contribution in [-0.4, -0.2) is 26.2 Å². The predicted molar refractivity (Wildman–Crippen MR) is 93.0 cm³/mol. The highest BCUT2D eigenvalue weighted by Gasteiger charge is 2.13. The normalized spacial score (nSPS) is 11.8. The maximum absolute atomic E-state index is 12.9. The van der Waals surface area contributed by atoms with Gasteiger partial charge in [-0.1, -0.05) is 47.2 Å². The highest BCUT2D eigenvalue weighted by atomic mass is 32.2. The van der Waals surface area contributed by atoms with Crippen molar-refractivity contribution in [2.75, 3.05) is 5.75 Å². The molecule has 0 aliphatic rings. The highest BCUT2D eigenvalue weighted by Crippen LogP contribution is 2.21. The quantitative estimate of drug-likeness (QED) is 0.263. The van der Waals surface area contributed by atoms with E-state index < -0.39 is 0 Å². The van der Waals surface area contributed by atoms with E-state index in [-0.39, 0.29) is 5.56 Å². The number of hydrogen-bond acceptors (Lipinski definition) is 5. The lowest BCUT2D eigenvalue weighted by Crippen LogP contribution is -2.22. The van der Waals surface area contributed by atoms with E-state index in [0.29, 0.717) is 27.5 Å². The van der Waals surface area contributed by atoms with Gasteiger partial charge in [0, 0.05) is 5.75 Å². The number of benzene rings is 2. The maximum atomic E-state index is 12.9. The van der Waals surface area contributed by atoms with Gasteiger partial charge >= 0.3 is 0 Å². The Morgan fingerprint density at radius 3 is 2.61 bits per heavy atom. The smallest absolute Gasteiger partial charge is 0.266 e. The Morgan fingerprint density at radius 1 is 1.17 bits per heavy atom. The van der Waals surface area contributed by atoms with E-state index >= 15 is 0 Å². The van der Waals surface area contributed by atoms with Crippen molar-refractivity contribution in [2.24, 2.45) is 5.16 Å². The van der Waals surface area contributed by atoms with Crippen LogP contribution in [0.5, 0.6) is 0 Å². The van der Waals surface area contributed by atoms with Crippen LogP contribution < -0.4 is 5.56 Å². The lowest BCUT2D eigenvalue weighted by molar-refractivity contribution is 0.318. The van der Waals surface area contributed by atoms with Gasteiger partial charge in [-0.3, -0.25) is 9.36 Å². The molecule has 0 amide bonds. The van der Waals surface area contributed by atoms with Gasteiger partial charge in [-0.15, -0.1) is 0 Å².